The number of aryl methyl sites for hydroxylation is 1. The van der Waals surface area contributed by atoms with Crippen LogP contribution in [0.4, 0.5) is 5.82 Å². The van der Waals surface area contributed by atoms with Crippen molar-refractivity contribution in [1.82, 2.24) is 19.7 Å². The van der Waals surface area contributed by atoms with Crippen molar-refractivity contribution in [3.05, 3.63) is 34.7 Å². The Labute approximate surface area is 158 Å². The second kappa shape index (κ2) is 7.08. The predicted molar refractivity (Wildman–Crippen MR) is 99.5 cm³/mol. The second-order valence-corrected chi connectivity index (χ2v) is 6.66. The van der Waals surface area contributed by atoms with E-state index in [0.29, 0.717) is 19.7 Å². The highest BCUT2D eigenvalue weighted by molar-refractivity contribution is 9.10. The number of methoxy groups -OCH3 is 1. The monoisotopic (exact) mass is 419 g/mol. The summed E-state index contributed by atoms with van der Waals surface area (Å²) in [6.07, 6.45) is 1.56. The van der Waals surface area contributed by atoms with Crippen LogP contribution in [0.3, 0.4) is 0 Å². The highest BCUT2D eigenvalue weighted by Crippen LogP contribution is 2.34. The molecule has 0 radical (unpaired) electrons. The molecule has 0 saturated carbocycles. The van der Waals surface area contributed by atoms with E-state index in [-0.39, 0.29) is 6.79 Å². The lowest BCUT2D eigenvalue weighted by molar-refractivity contribution is 0.174. The molecule has 0 amide bonds. The number of fused-ring (bicyclic) bond motifs is 2. The summed E-state index contributed by atoms with van der Waals surface area (Å²) in [5, 5.41) is 5.29. The van der Waals surface area contributed by atoms with E-state index in [1.165, 1.54) is 0 Å². The molecular weight excluding hydrogens is 402 g/mol. The Balaban J connectivity index is 1.71. The molecule has 2 aromatic heterocycles. The summed E-state index contributed by atoms with van der Waals surface area (Å²) in [7, 11) is 3.55. The normalized spacial score (nSPS) is 12.7. The molecule has 0 fully saturated rings. The zero-order valence-corrected chi connectivity index (χ0v) is 16.1. The number of halogens is 1. The molecule has 8 nitrogen and oxygen atoms in total. The first-order valence-corrected chi connectivity index (χ1v) is 8.92. The third-order valence-corrected chi connectivity index (χ3v) is 4.79. The minimum Gasteiger partial charge on any atom is -0.454 e. The Morgan fingerprint density at radius 3 is 2.96 bits per heavy atom. The Morgan fingerprint density at radius 1 is 1.27 bits per heavy atom. The van der Waals surface area contributed by atoms with E-state index in [0.717, 1.165) is 38.5 Å². The lowest BCUT2D eigenvalue weighted by Gasteiger charge is -2.24. The average Bonchev–Trinajstić information content (AvgIpc) is 3.22. The fourth-order valence-electron chi connectivity index (χ4n) is 2.99. The number of hydrogen-bond acceptors (Lipinski definition) is 7. The molecule has 4 rings (SSSR count). The summed E-state index contributed by atoms with van der Waals surface area (Å²) in [6, 6.07) is 5.96. The number of ether oxygens (including phenoxy) is 3. The molecule has 0 saturated heterocycles. The van der Waals surface area contributed by atoms with Crippen LogP contribution in [0, 0.1) is 0 Å². The first-order valence-electron chi connectivity index (χ1n) is 8.13. The number of benzene rings is 1. The van der Waals surface area contributed by atoms with Crippen LogP contribution in [0.5, 0.6) is 11.5 Å². The molecule has 0 unspecified atom stereocenters. The zero-order valence-electron chi connectivity index (χ0n) is 14.5. The van der Waals surface area contributed by atoms with Crippen molar-refractivity contribution in [3.63, 3.8) is 0 Å². The molecule has 3 aromatic rings. The van der Waals surface area contributed by atoms with E-state index in [4.69, 9.17) is 14.2 Å². The molecule has 0 atom stereocenters. The van der Waals surface area contributed by atoms with Crippen LogP contribution in [-0.2, 0) is 18.3 Å². The van der Waals surface area contributed by atoms with Gasteiger partial charge in [0.15, 0.2) is 17.1 Å². The van der Waals surface area contributed by atoms with Crippen LogP contribution in [0.15, 0.2) is 29.1 Å². The average molecular weight is 420 g/mol. The van der Waals surface area contributed by atoms with E-state index in [9.17, 15) is 0 Å². The van der Waals surface area contributed by atoms with Gasteiger partial charge in [-0.05, 0) is 33.6 Å². The van der Waals surface area contributed by atoms with Crippen molar-refractivity contribution in [2.45, 2.75) is 6.54 Å². The summed E-state index contributed by atoms with van der Waals surface area (Å²) in [5.41, 5.74) is 1.87. The molecule has 3 heterocycles. The van der Waals surface area contributed by atoms with E-state index in [2.05, 4.69) is 35.9 Å². The van der Waals surface area contributed by atoms with Crippen molar-refractivity contribution in [1.29, 1.82) is 0 Å². The van der Waals surface area contributed by atoms with Crippen molar-refractivity contribution in [2.75, 3.05) is 32.0 Å². The van der Waals surface area contributed by atoms with Gasteiger partial charge in [0.2, 0.25) is 6.79 Å². The van der Waals surface area contributed by atoms with Gasteiger partial charge in [-0.3, -0.25) is 0 Å². The summed E-state index contributed by atoms with van der Waals surface area (Å²) < 4.78 is 18.6. The predicted octanol–water partition coefficient (Wildman–Crippen LogP) is 2.51. The number of rotatable bonds is 6. The van der Waals surface area contributed by atoms with Gasteiger partial charge in [0.05, 0.1) is 12.0 Å². The van der Waals surface area contributed by atoms with E-state index in [1.807, 2.05) is 25.2 Å². The van der Waals surface area contributed by atoms with E-state index in [1.54, 1.807) is 18.1 Å². The molecule has 0 aliphatic carbocycles. The summed E-state index contributed by atoms with van der Waals surface area (Å²) in [4.78, 5) is 11.0. The third-order valence-electron chi connectivity index (χ3n) is 4.23. The molecule has 1 aromatic carbocycles. The Hall–Kier alpha value is -2.39. The topological polar surface area (TPSA) is 74.5 Å². The molecular formula is C17H18BrN5O3. The van der Waals surface area contributed by atoms with E-state index >= 15 is 0 Å². The van der Waals surface area contributed by atoms with Gasteiger partial charge in [-0.1, -0.05) is 6.07 Å². The van der Waals surface area contributed by atoms with Crippen LogP contribution in [0.1, 0.15) is 5.56 Å². The van der Waals surface area contributed by atoms with Gasteiger partial charge in [0, 0.05) is 27.2 Å². The van der Waals surface area contributed by atoms with Crippen LogP contribution >= 0.6 is 15.9 Å². The van der Waals surface area contributed by atoms with Gasteiger partial charge in [0.1, 0.15) is 16.7 Å². The lowest BCUT2D eigenvalue weighted by Crippen LogP contribution is -2.28. The maximum Gasteiger partial charge on any atom is 0.231 e. The maximum atomic E-state index is 5.49. The minimum absolute atomic E-state index is 0.265. The SMILES string of the molecule is COCCN(Cc1ccc2c(c1)OCO2)c1ncnc2c1c(Br)nn2C. The largest absolute Gasteiger partial charge is 0.454 e. The van der Waals surface area contributed by atoms with Gasteiger partial charge < -0.3 is 19.1 Å². The smallest absolute Gasteiger partial charge is 0.231 e. The minimum atomic E-state index is 0.265. The first kappa shape index (κ1) is 17.0. The Bertz CT molecular complexity index is 946. The molecule has 136 valence electrons. The molecule has 26 heavy (non-hydrogen) atoms. The number of aromatic nitrogens is 4. The molecule has 9 heteroatoms. The first-order chi connectivity index (χ1) is 12.7. The molecule has 1 aliphatic rings. The van der Waals surface area contributed by atoms with Crippen LogP contribution in [0.2, 0.25) is 0 Å². The Kier molecular flexibility index (Phi) is 4.64. The van der Waals surface area contributed by atoms with Gasteiger partial charge in [-0.25, -0.2) is 14.6 Å². The molecule has 1 aliphatic heterocycles. The number of nitrogens with zero attached hydrogens (tertiary/aromatic N) is 5. The third kappa shape index (κ3) is 3.08. The zero-order chi connectivity index (χ0) is 18.1. The van der Waals surface area contributed by atoms with Crippen molar-refractivity contribution >= 4 is 32.8 Å². The van der Waals surface area contributed by atoms with Crippen LogP contribution < -0.4 is 14.4 Å². The van der Waals surface area contributed by atoms with Gasteiger partial charge in [-0.2, -0.15) is 5.10 Å². The standard InChI is InChI=1S/C17H18BrN5O3/c1-22-16-14(15(18)21-22)17(20-9-19-16)23(5-6-24-2)8-11-3-4-12-13(7-11)26-10-25-12/h3-4,7,9H,5-6,8,10H2,1-2H3. The highest BCUT2D eigenvalue weighted by atomic mass is 79.9. The fraction of sp³-hybridized carbons (Fsp3) is 0.353. The van der Waals surface area contributed by atoms with Crippen LogP contribution in [-0.4, -0.2) is 46.8 Å². The van der Waals surface area contributed by atoms with Gasteiger partial charge >= 0.3 is 0 Å². The van der Waals surface area contributed by atoms with Crippen molar-refractivity contribution < 1.29 is 14.2 Å². The van der Waals surface area contributed by atoms with E-state index < -0.39 is 0 Å². The fourth-order valence-corrected chi connectivity index (χ4v) is 3.58. The van der Waals surface area contributed by atoms with Gasteiger partial charge in [-0.15, -0.1) is 0 Å². The number of hydrogen-bond donors (Lipinski definition) is 0. The lowest BCUT2D eigenvalue weighted by atomic mass is 10.2. The highest BCUT2D eigenvalue weighted by Gasteiger charge is 2.20. The van der Waals surface area contributed by atoms with Crippen molar-refractivity contribution in [2.24, 2.45) is 7.05 Å². The molecule has 0 bridgehead atoms. The molecule has 0 spiro atoms. The summed E-state index contributed by atoms with van der Waals surface area (Å²) in [5.74, 6) is 2.35. The van der Waals surface area contributed by atoms with Gasteiger partial charge in [0.25, 0.3) is 0 Å². The summed E-state index contributed by atoms with van der Waals surface area (Å²) >= 11 is 3.52. The van der Waals surface area contributed by atoms with Crippen molar-refractivity contribution in [3.8, 4) is 11.5 Å². The molecule has 0 N–H and O–H groups in total. The summed E-state index contributed by atoms with van der Waals surface area (Å²) in [6.45, 7) is 2.17. The second-order valence-electron chi connectivity index (χ2n) is 5.91. The number of anilines is 1. The quantitative estimate of drug-likeness (QED) is 0.607. The van der Waals surface area contributed by atoms with Crippen LogP contribution in [0.25, 0.3) is 11.0 Å². The Morgan fingerprint density at radius 2 is 2.12 bits per heavy atom. The maximum absolute atomic E-state index is 5.49.